The second kappa shape index (κ2) is 6.21. The number of carbonyl (C=O) groups is 1. The molecule has 0 saturated carbocycles. The van der Waals surface area contributed by atoms with Crippen molar-refractivity contribution in [2.24, 2.45) is 0 Å². The van der Waals surface area contributed by atoms with E-state index in [1.807, 2.05) is 0 Å². The van der Waals surface area contributed by atoms with Crippen LogP contribution in [0.15, 0.2) is 0 Å². The number of nitrogens with one attached hydrogen (secondary N) is 2. The maximum absolute atomic E-state index is 11.9. The molecule has 0 spiro atoms. The van der Waals surface area contributed by atoms with E-state index in [0.29, 0.717) is 6.54 Å². The molecule has 0 aliphatic carbocycles. The summed E-state index contributed by atoms with van der Waals surface area (Å²) < 4.78 is 5.48. The van der Waals surface area contributed by atoms with Gasteiger partial charge >= 0.3 is 0 Å². The predicted molar refractivity (Wildman–Crippen MR) is 62.2 cm³/mol. The second-order valence-electron chi connectivity index (χ2n) is 4.74. The maximum atomic E-state index is 11.9. The van der Waals surface area contributed by atoms with Gasteiger partial charge in [0.25, 0.3) is 0 Å². The molecule has 2 unspecified atom stereocenters. The van der Waals surface area contributed by atoms with E-state index >= 15 is 0 Å². The first-order valence-corrected chi connectivity index (χ1v) is 6.49. The summed E-state index contributed by atoms with van der Waals surface area (Å²) in [6.07, 6.45) is 7.01. The molecule has 0 radical (unpaired) electrons. The summed E-state index contributed by atoms with van der Waals surface area (Å²) >= 11 is 0. The zero-order chi connectivity index (χ0) is 11.2. The Morgan fingerprint density at radius 2 is 2.19 bits per heavy atom. The molecule has 2 fully saturated rings. The van der Waals surface area contributed by atoms with Gasteiger partial charge in [-0.2, -0.15) is 0 Å². The molecule has 0 aromatic heterocycles. The highest BCUT2D eigenvalue weighted by atomic mass is 16.5. The van der Waals surface area contributed by atoms with Gasteiger partial charge in [0.15, 0.2) is 0 Å². The first kappa shape index (κ1) is 11.9. The third-order valence-electron chi connectivity index (χ3n) is 3.40. The zero-order valence-electron chi connectivity index (χ0n) is 9.84. The van der Waals surface area contributed by atoms with Gasteiger partial charge in [0.1, 0.15) is 0 Å². The van der Waals surface area contributed by atoms with E-state index in [2.05, 4.69) is 10.6 Å². The Bertz CT molecular complexity index is 219. The SMILES string of the molecule is O=C(NCC1CCCO1)C1CCCCCN1. The van der Waals surface area contributed by atoms with Crippen LogP contribution in [0.2, 0.25) is 0 Å². The zero-order valence-corrected chi connectivity index (χ0v) is 9.84. The van der Waals surface area contributed by atoms with E-state index in [9.17, 15) is 4.79 Å². The van der Waals surface area contributed by atoms with Crippen LogP contribution in [-0.2, 0) is 9.53 Å². The molecule has 4 heteroatoms. The van der Waals surface area contributed by atoms with Crippen molar-refractivity contribution in [2.75, 3.05) is 19.7 Å². The van der Waals surface area contributed by atoms with E-state index < -0.39 is 0 Å². The fourth-order valence-electron chi connectivity index (χ4n) is 2.40. The summed E-state index contributed by atoms with van der Waals surface area (Å²) in [7, 11) is 0. The minimum Gasteiger partial charge on any atom is -0.376 e. The van der Waals surface area contributed by atoms with E-state index in [1.165, 1.54) is 12.8 Å². The van der Waals surface area contributed by atoms with E-state index in [0.717, 1.165) is 38.8 Å². The predicted octanol–water partition coefficient (Wildman–Crippen LogP) is 0.814. The highest BCUT2D eigenvalue weighted by Gasteiger charge is 2.21. The average Bonchev–Trinajstić information content (AvgIpc) is 2.66. The lowest BCUT2D eigenvalue weighted by atomic mass is 10.1. The monoisotopic (exact) mass is 226 g/mol. The average molecular weight is 226 g/mol. The van der Waals surface area contributed by atoms with Gasteiger partial charge in [0, 0.05) is 13.2 Å². The van der Waals surface area contributed by atoms with Crippen molar-refractivity contribution in [3.8, 4) is 0 Å². The summed E-state index contributed by atoms with van der Waals surface area (Å²) in [5.41, 5.74) is 0. The van der Waals surface area contributed by atoms with E-state index in [1.54, 1.807) is 0 Å². The molecule has 2 N–H and O–H groups in total. The molecule has 2 rings (SSSR count). The lowest BCUT2D eigenvalue weighted by Crippen LogP contribution is -2.45. The van der Waals surface area contributed by atoms with Crippen LogP contribution in [0.25, 0.3) is 0 Å². The molecule has 4 nitrogen and oxygen atoms in total. The summed E-state index contributed by atoms with van der Waals surface area (Å²) in [5.74, 6) is 0.150. The summed E-state index contributed by atoms with van der Waals surface area (Å²) in [6.45, 7) is 2.50. The first-order chi connectivity index (χ1) is 7.86. The Labute approximate surface area is 97.1 Å². The lowest BCUT2D eigenvalue weighted by Gasteiger charge is -2.17. The van der Waals surface area contributed by atoms with Crippen LogP contribution < -0.4 is 10.6 Å². The van der Waals surface area contributed by atoms with Crippen LogP contribution in [0.1, 0.15) is 38.5 Å². The summed E-state index contributed by atoms with van der Waals surface area (Å²) in [5, 5.41) is 6.30. The van der Waals surface area contributed by atoms with E-state index in [-0.39, 0.29) is 18.1 Å². The number of amides is 1. The Balaban J connectivity index is 1.69. The van der Waals surface area contributed by atoms with Gasteiger partial charge in [-0.15, -0.1) is 0 Å². The smallest absolute Gasteiger partial charge is 0.237 e. The van der Waals surface area contributed by atoms with Crippen LogP contribution in [0.5, 0.6) is 0 Å². The standard InChI is InChI=1S/C12H22N2O2/c15-12(11-6-2-1-3-7-13-11)14-9-10-5-4-8-16-10/h10-11,13H,1-9H2,(H,14,15). The lowest BCUT2D eigenvalue weighted by molar-refractivity contribution is -0.123. The molecule has 2 saturated heterocycles. The number of rotatable bonds is 3. The molecular weight excluding hydrogens is 204 g/mol. The van der Waals surface area contributed by atoms with Crippen molar-refractivity contribution in [3.63, 3.8) is 0 Å². The van der Waals surface area contributed by atoms with E-state index in [4.69, 9.17) is 4.74 Å². The van der Waals surface area contributed by atoms with Gasteiger partial charge < -0.3 is 15.4 Å². The molecule has 92 valence electrons. The normalized spacial score (nSPS) is 31.0. The summed E-state index contributed by atoms with van der Waals surface area (Å²) in [6, 6.07) is 0.0175. The minimum atomic E-state index is 0.0175. The van der Waals surface area contributed by atoms with Crippen molar-refractivity contribution in [1.29, 1.82) is 0 Å². The van der Waals surface area contributed by atoms with Gasteiger partial charge in [-0.25, -0.2) is 0 Å². The largest absolute Gasteiger partial charge is 0.376 e. The third-order valence-corrected chi connectivity index (χ3v) is 3.40. The molecule has 2 heterocycles. The molecule has 1 amide bonds. The Morgan fingerprint density at radius 1 is 1.25 bits per heavy atom. The van der Waals surface area contributed by atoms with Gasteiger partial charge in [0.2, 0.25) is 5.91 Å². The molecular formula is C12H22N2O2. The Kier molecular flexibility index (Phi) is 4.60. The van der Waals surface area contributed by atoms with Crippen LogP contribution in [0.4, 0.5) is 0 Å². The van der Waals surface area contributed by atoms with Crippen molar-refractivity contribution < 1.29 is 9.53 Å². The Hall–Kier alpha value is -0.610. The van der Waals surface area contributed by atoms with Crippen molar-refractivity contribution in [1.82, 2.24) is 10.6 Å². The van der Waals surface area contributed by atoms with Crippen molar-refractivity contribution in [2.45, 2.75) is 50.7 Å². The third kappa shape index (κ3) is 3.46. The maximum Gasteiger partial charge on any atom is 0.237 e. The quantitative estimate of drug-likeness (QED) is 0.749. The highest BCUT2D eigenvalue weighted by Crippen LogP contribution is 2.11. The number of hydrogen-bond acceptors (Lipinski definition) is 3. The molecule has 16 heavy (non-hydrogen) atoms. The van der Waals surface area contributed by atoms with Gasteiger partial charge in [-0.1, -0.05) is 12.8 Å². The van der Waals surface area contributed by atoms with Crippen LogP contribution in [0, 0.1) is 0 Å². The molecule has 2 atom stereocenters. The van der Waals surface area contributed by atoms with Gasteiger partial charge in [0.05, 0.1) is 12.1 Å². The molecule has 0 aromatic rings. The second-order valence-corrected chi connectivity index (χ2v) is 4.74. The Morgan fingerprint density at radius 3 is 3.00 bits per heavy atom. The fourth-order valence-corrected chi connectivity index (χ4v) is 2.40. The topological polar surface area (TPSA) is 50.4 Å². The van der Waals surface area contributed by atoms with Crippen LogP contribution in [-0.4, -0.2) is 37.7 Å². The number of carbonyl (C=O) groups excluding carboxylic acids is 1. The molecule has 0 aromatic carbocycles. The molecule has 2 aliphatic heterocycles. The summed E-state index contributed by atoms with van der Waals surface area (Å²) in [4.78, 5) is 11.9. The minimum absolute atomic E-state index is 0.0175. The van der Waals surface area contributed by atoms with Gasteiger partial charge in [-0.05, 0) is 32.2 Å². The molecule has 0 bridgehead atoms. The van der Waals surface area contributed by atoms with Crippen LogP contribution >= 0.6 is 0 Å². The van der Waals surface area contributed by atoms with Crippen LogP contribution in [0.3, 0.4) is 0 Å². The molecule has 2 aliphatic rings. The van der Waals surface area contributed by atoms with Crippen molar-refractivity contribution >= 4 is 5.91 Å². The highest BCUT2D eigenvalue weighted by molar-refractivity contribution is 5.81. The first-order valence-electron chi connectivity index (χ1n) is 6.49. The number of ether oxygens (including phenoxy) is 1. The fraction of sp³-hybridized carbons (Fsp3) is 0.917. The number of hydrogen-bond donors (Lipinski definition) is 2. The van der Waals surface area contributed by atoms with Gasteiger partial charge in [-0.3, -0.25) is 4.79 Å². The van der Waals surface area contributed by atoms with Crippen molar-refractivity contribution in [3.05, 3.63) is 0 Å².